The lowest BCUT2D eigenvalue weighted by Gasteiger charge is -2.22. The van der Waals surface area contributed by atoms with Crippen LogP contribution in [0.15, 0.2) is 0 Å². The van der Waals surface area contributed by atoms with Crippen LogP contribution in [-0.2, 0) is 4.74 Å². The molecule has 1 fully saturated rings. The van der Waals surface area contributed by atoms with E-state index in [9.17, 15) is 4.79 Å². The number of thiazole rings is 1. The summed E-state index contributed by atoms with van der Waals surface area (Å²) in [4.78, 5) is 18.4. The van der Waals surface area contributed by atoms with Gasteiger partial charge in [0.2, 0.25) is 0 Å². The van der Waals surface area contributed by atoms with E-state index in [1.54, 1.807) is 0 Å². The van der Waals surface area contributed by atoms with Crippen LogP contribution in [0.25, 0.3) is 0 Å². The Morgan fingerprint density at radius 3 is 2.89 bits per heavy atom. The zero-order valence-electron chi connectivity index (χ0n) is 11.2. The van der Waals surface area contributed by atoms with E-state index in [0.29, 0.717) is 9.62 Å². The maximum atomic E-state index is 11.5. The summed E-state index contributed by atoms with van der Waals surface area (Å²) in [7, 11) is 1.35. The SMILES string of the molecule is COC(=O)c1sc(N2CCSC(C)(C)CC2)nc1Cl. The Bertz CT molecular complexity index is 476. The van der Waals surface area contributed by atoms with Crippen molar-refractivity contribution >= 4 is 45.8 Å². The highest BCUT2D eigenvalue weighted by Gasteiger charge is 2.26. The molecule has 0 bridgehead atoms. The molecule has 19 heavy (non-hydrogen) atoms. The number of nitrogens with zero attached hydrogens (tertiary/aromatic N) is 2. The number of aromatic nitrogens is 1. The quantitative estimate of drug-likeness (QED) is 0.782. The van der Waals surface area contributed by atoms with E-state index in [-0.39, 0.29) is 5.15 Å². The molecule has 106 valence electrons. The molecule has 1 saturated heterocycles. The molecule has 0 saturated carbocycles. The summed E-state index contributed by atoms with van der Waals surface area (Å²) in [5, 5.41) is 1.05. The number of hydrogen-bond donors (Lipinski definition) is 0. The molecular formula is C12H17ClN2O2S2. The first-order valence-electron chi connectivity index (χ1n) is 6.06. The minimum absolute atomic E-state index is 0.239. The number of thioether (sulfide) groups is 1. The Hall–Kier alpha value is -0.460. The van der Waals surface area contributed by atoms with Gasteiger partial charge < -0.3 is 9.64 Å². The van der Waals surface area contributed by atoms with Crippen molar-refractivity contribution in [2.75, 3.05) is 30.9 Å². The highest BCUT2D eigenvalue weighted by atomic mass is 35.5. The number of anilines is 1. The molecule has 0 N–H and O–H groups in total. The van der Waals surface area contributed by atoms with Gasteiger partial charge in [0.1, 0.15) is 0 Å². The highest BCUT2D eigenvalue weighted by molar-refractivity contribution is 8.00. The minimum Gasteiger partial charge on any atom is -0.465 e. The average Bonchev–Trinajstić information content (AvgIpc) is 2.64. The zero-order chi connectivity index (χ0) is 14.0. The van der Waals surface area contributed by atoms with Crippen molar-refractivity contribution in [3.63, 3.8) is 0 Å². The predicted molar refractivity (Wildman–Crippen MR) is 81.8 cm³/mol. The van der Waals surface area contributed by atoms with E-state index in [2.05, 4.69) is 23.7 Å². The topological polar surface area (TPSA) is 42.4 Å². The molecule has 7 heteroatoms. The minimum atomic E-state index is -0.418. The summed E-state index contributed by atoms with van der Waals surface area (Å²) in [6, 6.07) is 0. The fourth-order valence-electron chi connectivity index (χ4n) is 1.86. The van der Waals surface area contributed by atoms with Gasteiger partial charge in [-0.1, -0.05) is 36.8 Å². The molecule has 0 spiro atoms. The summed E-state index contributed by atoms with van der Waals surface area (Å²) in [6.07, 6.45) is 1.09. The third-order valence-corrected chi connectivity index (χ3v) is 5.91. The van der Waals surface area contributed by atoms with Crippen molar-refractivity contribution in [3.8, 4) is 0 Å². The fourth-order valence-corrected chi connectivity index (χ4v) is 4.21. The number of esters is 1. The molecule has 1 aliphatic rings. The van der Waals surface area contributed by atoms with Crippen LogP contribution in [0.2, 0.25) is 5.15 Å². The number of rotatable bonds is 2. The van der Waals surface area contributed by atoms with Crippen LogP contribution in [0.3, 0.4) is 0 Å². The molecular weight excluding hydrogens is 304 g/mol. The number of halogens is 1. The molecule has 0 unspecified atom stereocenters. The largest absolute Gasteiger partial charge is 0.465 e. The predicted octanol–water partition coefficient (Wildman–Crippen LogP) is 3.31. The summed E-state index contributed by atoms with van der Waals surface area (Å²) < 4.78 is 4.99. The number of ether oxygens (including phenoxy) is 1. The molecule has 0 amide bonds. The van der Waals surface area contributed by atoms with Crippen molar-refractivity contribution < 1.29 is 9.53 Å². The third kappa shape index (κ3) is 3.55. The van der Waals surface area contributed by atoms with Crippen molar-refractivity contribution in [1.29, 1.82) is 0 Å². The van der Waals surface area contributed by atoms with Crippen LogP contribution in [0, 0.1) is 0 Å². The average molecular weight is 321 g/mol. The lowest BCUT2D eigenvalue weighted by molar-refractivity contribution is 0.0606. The second-order valence-corrected chi connectivity index (χ2v) is 8.09. The molecule has 0 aromatic carbocycles. The van der Waals surface area contributed by atoms with Gasteiger partial charge in [-0.3, -0.25) is 0 Å². The molecule has 4 nitrogen and oxygen atoms in total. The van der Waals surface area contributed by atoms with Gasteiger partial charge in [0.05, 0.1) is 7.11 Å². The van der Waals surface area contributed by atoms with Gasteiger partial charge in [-0.25, -0.2) is 9.78 Å². The molecule has 1 aromatic heterocycles. The Balaban J connectivity index is 2.16. The summed E-state index contributed by atoms with van der Waals surface area (Å²) >= 11 is 9.28. The van der Waals surface area contributed by atoms with Gasteiger partial charge in [-0.05, 0) is 6.42 Å². The smallest absolute Gasteiger partial charge is 0.351 e. The van der Waals surface area contributed by atoms with Crippen molar-refractivity contribution in [2.24, 2.45) is 0 Å². The normalized spacial score (nSPS) is 19.1. The van der Waals surface area contributed by atoms with Crippen LogP contribution in [0.5, 0.6) is 0 Å². The lowest BCUT2D eigenvalue weighted by atomic mass is 10.1. The van der Waals surface area contributed by atoms with Gasteiger partial charge >= 0.3 is 5.97 Å². The van der Waals surface area contributed by atoms with E-state index in [0.717, 1.165) is 30.4 Å². The van der Waals surface area contributed by atoms with E-state index in [1.807, 2.05) is 11.8 Å². The van der Waals surface area contributed by atoms with Crippen LogP contribution in [-0.4, -0.2) is 41.7 Å². The second-order valence-electron chi connectivity index (χ2n) is 4.95. The maximum Gasteiger partial charge on any atom is 0.351 e. The maximum absolute atomic E-state index is 11.5. The molecule has 0 aliphatic carbocycles. The molecule has 1 aliphatic heterocycles. The number of carbonyl (C=O) groups is 1. The fraction of sp³-hybridized carbons (Fsp3) is 0.667. The Kier molecular flexibility index (Phi) is 4.63. The van der Waals surface area contributed by atoms with Gasteiger partial charge in [-0.2, -0.15) is 11.8 Å². The van der Waals surface area contributed by atoms with Crippen molar-refractivity contribution in [3.05, 3.63) is 10.0 Å². The lowest BCUT2D eigenvalue weighted by Crippen LogP contribution is -2.26. The monoisotopic (exact) mass is 320 g/mol. The van der Waals surface area contributed by atoms with E-state index in [1.165, 1.54) is 18.4 Å². The molecule has 2 heterocycles. The van der Waals surface area contributed by atoms with E-state index < -0.39 is 5.97 Å². The highest BCUT2D eigenvalue weighted by Crippen LogP contribution is 2.35. The zero-order valence-corrected chi connectivity index (χ0v) is 13.6. The first kappa shape index (κ1) is 14.9. The Morgan fingerprint density at radius 1 is 1.47 bits per heavy atom. The Morgan fingerprint density at radius 2 is 2.21 bits per heavy atom. The van der Waals surface area contributed by atoms with Gasteiger partial charge in [0.15, 0.2) is 15.2 Å². The number of carbonyl (C=O) groups excluding carboxylic acids is 1. The number of hydrogen-bond acceptors (Lipinski definition) is 6. The first-order valence-corrected chi connectivity index (χ1v) is 8.24. The van der Waals surface area contributed by atoms with E-state index >= 15 is 0 Å². The molecule has 2 rings (SSSR count). The second kappa shape index (κ2) is 5.89. The first-order chi connectivity index (χ1) is 8.93. The van der Waals surface area contributed by atoms with Gasteiger partial charge in [0, 0.05) is 23.6 Å². The standard InChI is InChI=1S/C12H17ClN2O2S2/c1-12(2)4-5-15(6-7-18-12)11-14-9(13)8(19-11)10(16)17-3/h4-7H2,1-3H3. The molecule has 0 atom stereocenters. The molecule has 0 radical (unpaired) electrons. The summed E-state index contributed by atoms with van der Waals surface area (Å²) in [5.74, 6) is 0.635. The molecule has 1 aromatic rings. The van der Waals surface area contributed by atoms with Crippen molar-refractivity contribution in [2.45, 2.75) is 25.0 Å². The van der Waals surface area contributed by atoms with Crippen molar-refractivity contribution in [1.82, 2.24) is 4.98 Å². The van der Waals surface area contributed by atoms with Crippen LogP contribution >= 0.6 is 34.7 Å². The van der Waals surface area contributed by atoms with Gasteiger partial charge in [-0.15, -0.1) is 0 Å². The van der Waals surface area contributed by atoms with Crippen LogP contribution in [0.4, 0.5) is 5.13 Å². The Labute approximate surface area is 126 Å². The van der Waals surface area contributed by atoms with Crippen LogP contribution < -0.4 is 4.90 Å². The van der Waals surface area contributed by atoms with Gasteiger partial charge in [0.25, 0.3) is 0 Å². The summed E-state index contributed by atoms with van der Waals surface area (Å²) in [5.41, 5.74) is 0. The summed E-state index contributed by atoms with van der Waals surface area (Å²) in [6.45, 7) is 6.38. The third-order valence-electron chi connectivity index (χ3n) is 3.05. The van der Waals surface area contributed by atoms with Crippen LogP contribution in [0.1, 0.15) is 29.9 Å². The van der Waals surface area contributed by atoms with E-state index in [4.69, 9.17) is 16.3 Å². The number of methoxy groups -OCH3 is 1.